The van der Waals surface area contributed by atoms with Crippen LogP contribution in [0.25, 0.3) is 0 Å². The molecule has 3 aromatic rings. The van der Waals surface area contributed by atoms with Crippen LogP contribution in [0.2, 0.25) is 0 Å². The third-order valence-electron chi connectivity index (χ3n) is 5.43. The molecule has 192 valence electrons. The van der Waals surface area contributed by atoms with Crippen LogP contribution in [-0.2, 0) is 17.6 Å². The van der Waals surface area contributed by atoms with Crippen molar-refractivity contribution in [3.05, 3.63) is 83.4 Å². The fraction of sp³-hybridized carbons (Fsp3) is 0.321. The van der Waals surface area contributed by atoms with Gasteiger partial charge in [0.25, 0.3) is 0 Å². The van der Waals surface area contributed by atoms with Gasteiger partial charge in [0.15, 0.2) is 11.5 Å². The van der Waals surface area contributed by atoms with Gasteiger partial charge in [-0.1, -0.05) is 37.3 Å². The number of hydrogen-bond acceptors (Lipinski definition) is 4. The molecule has 1 N–H and O–H groups in total. The summed E-state index contributed by atoms with van der Waals surface area (Å²) in [5.41, 5.74) is 2.19. The smallest absolute Gasteiger partial charge is 0.393 e. The Morgan fingerprint density at radius 2 is 1.78 bits per heavy atom. The van der Waals surface area contributed by atoms with Crippen LogP contribution >= 0.6 is 11.8 Å². The van der Waals surface area contributed by atoms with E-state index in [0.29, 0.717) is 30.9 Å². The van der Waals surface area contributed by atoms with Gasteiger partial charge in [0, 0.05) is 16.6 Å². The number of rotatable bonds is 12. The van der Waals surface area contributed by atoms with E-state index in [4.69, 9.17) is 14.6 Å². The van der Waals surface area contributed by atoms with Gasteiger partial charge in [-0.2, -0.15) is 13.2 Å². The van der Waals surface area contributed by atoms with E-state index in [1.54, 1.807) is 36.0 Å². The van der Waals surface area contributed by atoms with Gasteiger partial charge in [-0.3, -0.25) is 4.79 Å². The number of para-hydroxylation sites is 1. The Hall–Kier alpha value is -3.13. The van der Waals surface area contributed by atoms with Gasteiger partial charge < -0.3 is 14.6 Å². The van der Waals surface area contributed by atoms with E-state index in [0.717, 1.165) is 16.0 Å². The van der Waals surface area contributed by atoms with Crippen molar-refractivity contribution in [3.8, 4) is 17.2 Å². The standard InChI is InChI=1S/C28H29F3O4S/c1-19-16-24(11-9-22(19)10-13-27(32)33)36-20(2)14-15-34-25-12-8-21(18-28(29,30)31)17-26(25)35-23-6-4-3-5-7-23/h3-9,11-12,16-17,20H,10,13-15,18H2,1-2H3,(H,32,33)/t20-/m1/s1. The van der Waals surface area contributed by atoms with Crippen LogP contribution in [0.5, 0.6) is 17.2 Å². The summed E-state index contributed by atoms with van der Waals surface area (Å²) in [7, 11) is 0. The minimum atomic E-state index is -4.31. The molecule has 0 radical (unpaired) electrons. The van der Waals surface area contributed by atoms with E-state index in [9.17, 15) is 18.0 Å². The van der Waals surface area contributed by atoms with Crippen LogP contribution in [0, 0.1) is 6.92 Å². The molecule has 0 saturated heterocycles. The first kappa shape index (κ1) is 27.5. The Labute approximate surface area is 213 Å². The van der Waals surface area contributed by atoms with E-state index < -0.39 is 18.6 Å². The van der Waals surface area contributed by atoms with Gasteiger partial charge in [0.2, 0.25) is 0 Å². The molecule has 3 aromatic carbocycles. The summed E-state index contributed by atoms with van der Waals surface area (Å²) in [6.45, 7) is 4.43. The van der Waals surface area contributed by atoms with E-state index >= 15 is 0 Å². The Kier molecular flexibility index (Phi) is 9.70. The molecule has 8 heteroatoms. The minimum Gasteiger partial charge on any atom is -0.490 e. The minimum absolute atomic E-state index is 0.104. The van der Waals surface area contributed by atoms with Crippen molar-refractivity contribution in [2.45, 2.75) is 55.9 Å². The zero-order valence-corrected chi connectivity index (χ0v) is 21.0. The van der Waals surface area contributed by atoms with Gasteiger partial charge in [-0.25, -0.2) is 0 Å². The van der Waals surface area contributed by atoms with Crippen LogP contribution in [0.4, 0.5) is 13.2 Å². The number of ether oxygens (including phenoxy) is 2. The average molecular weight is 519 g/mol. The Bertz CT molecular complexity index is 1150. The van der Waals surface area contributed by atoms with E-state index in [1.807, 2.05) is 25.1 Å². The Balaban J connectivity index is 1.60. The maximum Gasteiger partial charge on any atom is 0.393 e. The maximum absolute atomic E-state index is 12.9. The molecule has 0 saturated carbocycles. The number of halogens is 3. The van der Waals surface area contributed by atoms with E-state index in [2.05, 4.69) is 13.0 Å². The lowest BCUT2D eigenvalue weighted by Crippen LogP contribution is -2.11. The van der Waals surface area contributed by atoms with Crippen molar-refractivity contribution in [1.29, 1.82) is 0 Å². The topological polar surface area (TPSA) is 55.8 Å². The lowest BCUT2D eigenvalue weighted by molar-refractivity contribution is -0.137. The lowest BCUT2D eigenvalue weighted by atomic mass is 10.0. The molecular weight excluding hydrogens is 489 g/mol. The summed E-state index contributed by atoms with van der Waals surface area (Å²) in [5.74, 6) is 0.336. The van der Waals surface area contributed by atoms with Gasteiger partial charge >= 0.3 is 12.1 Å². The number of aliphatic carboxylic acids is 1. The molecule has 0 spiro atoms. The van der Waals surface area contributed by atoms with Gasteiger partial charge in [0.05, 0.1) is 13.0 Å². The first-order chi connectivity index (χ1) is 17.1. The number of carbonyl (C=O) groups is 1. The number of thioether (sulfide) groups is 1. The Morgan fingerprint density at radius 3 is 2.44 bits per heavy atom. The van der Waals surface area contributed by atoms with Crippen LogP contribution in [0.15, 0.2) is 71.6 Å². The summed E-state index contributed by atoms with van der Waals surface area (Å²) in [6.07, 6.45) is -4.04. The van der Waals surface area contributed by atoms with E-state index in [-0.39, 0.29) is 23.0 Å². The molecule has 0 aliphatic carbocycles. The highest BCUT2D eigenvalue weighted by atomic mass is 32.2. The molecule has 0 aliphatic rings. The third-order valence-corrected chi connectivity index (χ3v) is 6.59. The first-order valence-corrected chi connectivity index (χ1v) is 12.5. The van der Waals surface area contributed by atoms with Crippen LogP contribution in [0.3, 0.4) is 0 Å². The maximum atomic E-state index is 12.9. The number of benzene rings is 3. The second-order valence-electron chi connectivity index (χ2n) is 8.54. The highest BCUT2D eigenvalue weighted by Gasteiger charge is 2.28. The van der Waals surface area contributed by atoms with Crippen LogP contribution in [0.1, 0.15) is 36.5 Å². The quantitative estimate of drug-likeness (QED) is 0.247. The number of carboxylic acids is 1. The molecule has 0 bridgehead atoms. The molecule has 0 aromatic heterocycles. The Morgan fingerprint density at radius 1 is 1.03 bits per heavy atom. The summed E-state index contributed by atoms with van der Waals surface area (Å²) < 4.78 is 50.4. The average Bonchev–Trinajstić information content (AvgIpc) is 2.79. The van der Waals surface area contributed by atoms with E-state index in [1.165, 1.54) is 18.2 Å². The number of aryl methyl sites for hydroxylation is 2. The van der Waals surface area contributed by atoms with Gasteiger partial charge in [-0.15, -0.1) is 11.8 Å². The van der Waals surface area contributed by atoms with Crippen LogP contribution < -0.4 is 9.47 Å². The van der Waals surface area contributed by atoms with Gasteiger partial charge in [0.1, 0.15) is 5.75 Å². The summed E-state index contributed by atoms with van der Waals surface area (Å²) in [6, 6.07) is 19.2. The van der Waals surface area contributed by atoms with Crippen molar-refractivity contribution in [3.63, 3.8) is 0 Å². The van der Waals surface area contributed by atoms with Crippen molar-refractivity contribution in [1.82, 2.24) is 0 Å². The highest BCUT2D eigenvalue weighted by Crippen LogP contribution is 2.35. The zero-order valence-electron chi connectivity index (χ0n) is 20.2. The molecule has 0 fully saturated rings. The first-order valence-electron chi connectivity index (χ1n) is 11.6. The monoisotopic (exact) mass is 518 g/mol. The van der Waals surface area contributed by atoms with Crippen molar-refractivity contribution in [2.75, 3.05) is 6.61 Å². The third kappa shape index (κ3) is 9.15. The predicted octanol–water partition coefficient (Wildman–Crippen LogP) is 7.86. The van der Waals surface area contributed by atoms with Gasteiger partial charge in [-0.05, 0) is 72.9 Å². The predicted molar refractivity (Wildman–Crippen MR) is 135 cm³/mol. The highest BCUT2D eigenvalue weighted by molar-refractivity contribution is 7.99. The molecule has 0 unspecified atom stereocenters. The SMILES string of the molecule is Cc1cc(S[C@H](C)CCOc2ccc(CC(F)(F)F)cc2Oc2ccccc2)ccc1CCC(=O)O. The van der Waals surface area contributed by atoms with Crippen molar-refractivity contribution in [2.24, 2.45) is 0 Å². The summed E-state index contributed by atoms with van der Waals surface area (Å²) >= 11 is 1.69. The molecular formula is C28H29F3O4S. The number of hydrogen-bond donors (Lipinski definition) is 1. The molecule has 1 atom stereocenters. The zero-order chi connectivity index (χ0) is 26.1. The molecule has 0 heterocycles. The molecule has 36 heavy (non-hydrogen) atoms. The molecule has 3 rings (SSSR count). The number of carboxylic acid groups (broad SMARTS) is 1. The molecule has 0 amide bonds. The van der Waals surface area contributed by atoms with Crippen molar-refractivity contribution < 1.29 is 32.5 Å². The fourth-order valence-corrected chi connectivity index (χ4v) is 4.67. The molecule has 0 aliphatic heterocycles. The second-order valence-corrected chi connectivity index (χ2v) is 10.0. The summed E-state index contributed by atoms with van der Waals surface area (Å²) in [5, 5.41) is 9.10. The lowest BCUT2D eigenvalue weighted by Gasteiger charge is -2.17. The normalized spacial score (nSPS) is 12.2. The summed E-state index contributed by atoms with van der Waals surface area (Å²) in [4.78, 5) is 11.9. The van der Waals surface area contributed by atoms with Crippen LogP contribution in [-0.4, -0.2) is 29.1 Å². The largest absolute Gasteiger partial charge is 0.490 e. The fourth-order valence-electron chi connectivity index (χ4n) is 3.60. The number of alkyl halides is 3. The second kappa shape index (κ2) is 12.7. The molecule has 4 nitrogen and oxygen atoms in total. The van der Waals surface area contributed by atoms with Crippen molar-refractivity contribution >= 4 is 17.7 Å².